The van der Waals surface area contributed by atoms with Crippen molar-refractivity contribution in [3.05, 3.63) is 59.4 Å². The molecular formula is C22H25N3O3. The van der Waals surface area contributed by atoms with E-state index in [1.54, 1.807) is 36.4 Å². The number of hydrogen-bond acceptors (Lipinski definition) is 4. The van der Waals surface area contributed by atoms with Crippen LogP contribution >= 0.6 is 0 Å². The fourth-order valence-electron chi connectivity index (χ4n) is 3.30. The predicted molar refractivity (Wildman–Crippen MR) is 108 cm³/mol. The van der Waals surface area contributed by atoms with Gasteiger partial charge in [-0.1, -0.05) is 45.1 Å². The largest absolute Gasteiger partial charge is 0.352 e. The molecule has 1 aromatic carbocycles. The molecule has 0 radical (unpaired) electrons. The fourth-order valence-corrected chi connectivity index (χ4v) is 3.30. The van der Waals surface area contributed by atoms with E-state index in [1.807, 2.05) is 0 Å². The Morgan fingerprint density at radius 1 is 1.00 bits per heavy atom. The van der Waals surface area contributed by atoms with Crippen molar-refractivity contribution in [2.45, 2.75) is 45.4 Å². The van der Waals surface area contributed by atoms with Gasteiger partial charge in [0, 0.05) is 18.3 Å². The minimum Gasteiger partial charge on any atom is -0.352 e. The third-order valence-electron chi connectivity index (χ3n) is 4.83. The van der Waals surface area contributed by atoms with Crippen LogP contribution in [0.5, 0.6) is 0 Å². The summed E-state index contributed by atoms with van der Waals surface area (Å²) in [5.74, 6) is -1.09. The van der Waals surface area contributed by atoms with Gasteiger partial charge < -0.3 is 5.32 Å². The zero-order valence-corrected chi connectivity index (χ0v) is 16.1. The van der Waals surface area contributed by atoms with E-state index in [1.165, 1.54) is 31.9 Å². The highest BCUT2D eigenvalue weighted by Crippen LogP contribution is 2.27. The van der Waals surface area contributed by atoms with Gasteiger partial charge in [-0.05, 0) is 36.8 Å². The van der Waals surface area contributed by atoms with Crippen LogP contribution in [-0.4, -0.2) is 29.3 Å². The fraction of sp³-hybridized carbons (Fsp3) is 0.364. The van der Waals surface area contributed by atoms with Crippen molar-refractivity contribution in [1.82, 2.24) is 10.3 Å². The number of anilines is 1. The summed E-state index contributed by atoms with van der Waals surface area (Å²) in [5, 5.41) is 2.91. The Balaban J connectivity index is 1.61. The van der Waals surface area contributed by atoms with E-state index >= 15 is 0 Å². The van der Waals surface area contributed by atoms with Crippen molar-refractivity contribution >= 4 is 23.4 Å². The molecule has 0 aliphatic carbocycles. The molecule has 1 aromatic heterocycles. The zero-order valence-electron chi connectivity index (χ0n) is 16.1. The first-order valence-electron chi connectivity index (χ1n) is 9.85. The molecule has 3 rings (SSSR count). The van der Waals surface area contributed by atoms with Crippen molar-refractivity contribution in [1.29, 1.82) is 0 Å². The lowest BCUT2D eigenvalue weighted by Gasteiger charge is -2.14. The van der Waals surface area contributed by atoms with Crippen molar-refractivity contribution in [3.8, 4) is 0 Å². The van der Waals surface area contributed by atoms with Crippen LogP contribution in [0.1, 0.15) is 76.7 Å². The second-order valence-electron chi connectivity index (χ2n) is 6.92. The van der Waals surface area contributed by atoms with Crippen LogP contribution in [0.4, 0.5) is 5.69 Å². The van der Waals surface area contributed by atoms with E-state index < -0.39 is 11.8 Å². The van der Waals surface area contributed by atoms with Gasteiger partial charge in [-0.25, -0.2) is 4.90 Å². The van der Waals surface area contributed by atoms with Gasteiger partial charge in [0.25, 0.3) is 17.7 Å². The Kier molecular flexibility index (Phi) is 6.53. The maximum atomic E-state index is 12.6. The Morgan fingerprint density at radius 2 is 1.79 bits per heavy atom. The van der Waals surface area contributed by atoms with Crippen LogP contribution in [0, 0.1) is 0 Å². The van der Waals surface area contributed by atoms with Crippen molar-refractivity contribution in [2.24, 2.45) is 0 Å². The summed E-state index contributed by atoms with van der Waals surface area (Å²) in [6.45, 7) is 2.80. The van der Waals surface area contributed by atoms with Gasteiger partial charge in [0.15, 0.2) is 0 Å². The van der Waals surface area contributed by atoms with Crippen LogP contribution in [0.3, 0.4) is 0 Å². The standard InChI is InChI=1S/C22H25N3O3/c1-2-3-4-5-6-7-13-24-20(26)16-10-8-11-17(15-16)25-21(27)18-12-9-14-23-19(18)22(25)28/h8-12,14-15H,2-7,13H2,1H3,(H,24,26). The minimum absolute atomic E-state index is 0.144. The number of hydrogen-bond donors (Lipinski definition) is 1. The van der Waals surface area contributed by atoms with Gasteiger partial charge in [-0.3, -0.25) is 19.4 Å². The van der Waals surface area contributed by atoms with Gasteiger partial charge in [-0.15, -0.1) is 0 Å². The number of nitrogens with one attached hydrogen (secondary N) is 1. The van der Waals surface area contributed by atoms with Crippen molar-refractivity contribution < 1.29 is 14.4 Å². The Morgan fingerprint density at radius 3 is 2.57 bits per heavy atom. The molecule has 0 saturated heterocycles. The topological polar surface area (TPSA) is 79.4 Å². The lowest BCUT2D eigenvalue weighted by Crippen LogP contribution is -2.30. The molecule has 0 spiro atoms. The number of fused-ring (bicyclic) bond motifs is 1. The van der Waals surface area contributed by atoms with Gasteiger partial charge in [0.2, 0.25) is 0 Å². The van der Waals surface area contributed by atoms with Crippen LogP contribution in [0.15, 0.2) is 42.6 Å². The smallest absolute Gasteiger partial charge is 0.284 e. The molecule has 6 heteroatoms. The highest BCUT2D eigenvalue weighted by Gasteiger charge is 2.37. The van der Waals surface area contributed by atoms with Gasteiger partial charge in [0.1, 0.15) is 5.69 Å². The first-order valence-corrected chi connectivity index (χ1v) is 9.85. The second-order valence-corrected chi connectivity index (χ2v) is 6.92. The third kappa shape index (κ3) is 4.27. The molecule has 2 aromatic rings. The SMILES string of the molecule is CCCCCCCCNC(=O)c1cccc(N2C(=O)c3cccnc3C2=O)c1. The normalized spacial score (nSPS) is 13.0. The number of nitrogens with zero attached hydrogens (tertiary/aromatic N) is 2. The predicted octanol–water partition coefficient (Wildman–Crippen LogP) is 3.97. The summed E-state index contributed by atoms with van der Waals surface area (Å²) in [5.41, 5.74) is 1.23. The molecule has 1 aliphatic rings. The number of carbonyl (C=O) groups excluding carboxylic acids is 3. The average Bonchev–Trinajstić information content (AvgIpc) is 2.98. The molecule has 146 valence electrons. The lowest BCUT2D eigenvalue weighted by atomic mass is 10.1. The van der Waals surface area contributed by atoms with E-state index in [-0.39, 0.29) is 17.2 Å². The van der Waals surface area contributed by atoms with Crippen LogP contribution in [0.2, 0.25) is 0 Å². The molecule has 28 heavy (non-hydrogen) atoms. The number of aromatic nitrogens is 1. The number of pyridine rings is 1. The van der Waals surface area contributed by atoms with E-state index in [0.29, 0.717) is 17.8 Å². The maximum Gasteiger partial charge on any atom is 0.284 e. The molecular weight excluding hydrogens is 354 g/mol. The Bertz CT molecular complexity index is 844. The van der Waals surface area contributed by atoms with Gasteiger partial charge in [0.05, 0.1) is 11.3 Å². The molecule has 0 fully saturated rings. The number of benzene rings is 1. The summed E-state index contributed by atoms with van der Waals surface area (Å²) in [4.78, 5) is 42.6. The monoisotopic (exact) mass is 379 g/mol. The molecule has 6 nitrogen and oxygen atoms in total. The molecule has 0 atom stereocenters. The minimum atomic E-state index is -0.467. The summed E-state index contributed by atoms with van der Waals surface area (Å²) >= 11 is 0. The summed E-state index contributed by atoms with van der Waals surface area (Å²) in [6.07, 6.45) is 8.43. The number of unbranched alkanes of at least 4 members (excludes halogenated alkanes) is 5. The van der Waals surface area contributed by atoms with Crippen LogP contribution < -0.4 is 10.2 Å². The van der Waals surface area contributed by atoms with Crippen LogP contribution in [-0.2, 0) is 0 Å². The van der Waals surface area contributed by atoms with E-state index in [4.69, 9.17) is 0 Å². The summed E-state index contributed by atoms with van der Waals surface area (Å²) in [7, 11) is 0. The molecule has 1 N–H and O–H groups in total. The van der Waals surface area contributed by atoms with E-state index in [2.05, 4.69) is 17.2 Å². The second kappa shape index (κ2) is 9.26. The van der Waals surface area contributed by atoms with E-state index in [9.17, 15) is 14.4 Å². The highest BCUT2D eigenvalue weighted by molar-refractivity contribution is 6.33. The first-order chi connectivity index (χ1) is 13.6. The molecule has 0 unspecified atom stereocenters. The number of carbonyl (C=O) groups is 3. The van der Waals surface area contributed by atoms with Crippen molar-refractivity contribution in [3.63, 3.8) is 0 Å². The van der Waals surface area contributed by atoms with Gasteiger partial charge in [-0.2, -0.15) is 0 Å². The third-order valence-corrected chi connectivity index (χ3v) is 4.83. The van der Waals surface area contributed by atoms with Crippen molar-refractivity contribution in [2.75, 3.05) is 11.4 Å². The van der Waals surface area contributed by atoms with E-state index in [0.717, 1.165) is 17.7 Å². The number of rotatable bonds is 9. The van der Waals surface area contributed by atoms with Gasteiger partial charge >= 0.3 is 0 Å². The number of imide groups is 1. The summed E-state index contributed by atoms with van der Waals surface area (Å²) in [6, 6.07) is 9.77. The Hall–Kier alpha value is -3.02. The maximum absolute atomic E-state index is 12.6. The Labute approximate surface area is 165 Å². The lowest BCUT2D eigenvalue weighted by molar-refractivity contribution is 0.0918. The average molecular weight is 379 g/mol. The summed E-state index contributed by atoms with van der Waals surface area (Å²) < 4.78 is 0. The first kappa shape index (κ1) is 19.7. The molecule has 2 heterocycles. The quantitative estimate of drug-likeness (QED) is 0.528. The molecule has 1 aliphatic heterocycles. The zero-order chi connectivity index (χ0) is 19.9. The molecule has 0 bridgehead atoms. The molecule has 3 amide bonds. The molecule has 0 saturated carbocycles. The highest BCUT2D eigenvalue weighted by atomic mass is 16.2. The number of amides is 3. The van der Waals surface area contributed by atoms with Crippen LogP contribution in [0.25, 0.3) is 0 Å².